The minimum atomic E-state index is -0.530. The van der Waals surface area contributed by atoms with Crippen LogP contribution in [0.5, 0.6) is 0 Å². The van der Waals surface area contributed by atoms with Crippen LogP contribution in [0.1, 0.15) is 0 Å². The van der Waals surface area contributed by atoms with Crippen molar-refractivity contribution in [3.63, 3.8) is 0 Å². The lowest BCUT2D eigenvalue weighted by Crippen LogP contribution is -1.87. The van der Waals surface area contributed by atoms with E-state index in [1.54, 1.807) is 6.26 Å². The van der Waals surface area contributed by atoms with Crippen LogP contribution in [0.3, 0.4) is 0 Å². The fraction of sp³-hybridized carbons (Fsp3) is 0.143. The quantitative estimate of drug-likeness (QED) is 0.534. The molecule has 0 fully saturated rings. The monoisotopic (exact) mass is 238 g/mol. The zero-order chi connectivity index (χ0) is 8.43. The number of benzene rings is 1. The van der Waals surface area contributed by atoms with Crippen LogP contribution in [0.25, 0.3) is 0 Å². The molecule has 0 bridgehead atoms. The van der Waals surface area contributed by atoms with Crippen LogP contribution < -0.4 is 0 Å². The average Bonchev–Trinajstić information content (AvgIpc) is 1.99. The number of hydrogen-bond acceptors (Lipinski definition) is 1. The van der Waals surface area contributed by atoms with Gasteiger partial charge in [0.15, 0.2) is 5.82 Å². The molecule has 4 heteroatoms. The molecule has 1 rings (SSSR count). The van der Waals surface area contributed by atoms with Crippen molar-refractivity contribution >= 4 is 27.7 Å². The van der Waals surface area contributed by atoms with Gasteiger partial charge in [0.05, 0.1) is 9.37 Å². The standard InChI is InChI=1S/C7H5BrF2S/c1-11-7-5(9)3-2-4(8)6(7)10/h2-3H,1H3. The fourth-order valence-corrected chi connectivity index (χ4v) is 1.71. The van der Waals surface area contributed by atoms with E-state index in [1.165, 1.54) is 12.1 Å². The minimum Gasteiger partial charge on any atom is -0.206 e. The molecule has 0 nitrogen and oxygen atoms in total. The summed E-state index contributed by atoms with van der Waals surface area (Å²) in [7, 11) is 0. The van der Waals surface area contributed by atoms with E-state index in [1.807, 2.05) is 0 Å². The van der Waals surface area contributed by atoms with E-state index >= 15 is 0 Å². The Hall–Kier alpha value is -0.0900. The first-order valence-corrected chi connectivity index (χ1v) is 4.86. The number of halogens is 3. The Balaban J connectivity index is 3.29. The predicted octanol–water partition coefficient (Wildman–Crippen LogP) is 3.45. The maximum Gasteiger partial charge on any atom is 0.153 e. The smallest absolute Gasteiger partial charge is 0.153 e. The first-order chi connectivity index (χ1) is 5.16. The Morgan fingerprint density at radius 1 is 1.36 bits per heavy atom. The zero-order valence-electron chi connectivity index (χ0n) is 5.70. The van der Waals surface area contributed by atoms with Crippen LogP contribution in [-0.4, -0.2) is 6.26 Å². The largest absolute Gasteiger partial charge is 0.206 e. The van der Waals surface area contributed by atoms with Gasteiger partial charge < -0.3 is 0 Å². The van der Waals surface area contributed by atoms with Crippen molar-refractivity contribution in [3.05, 3.63) is 28.2 Å². The van der Waals surface area contributed by atoms with Crippen molar-refractivity contribution < 1.29 is 8.78 Å². The molecule has 0 spiro atoms. The highest BCUT2D eigenvalue weighted by molar-refractivity contribution is 9.10. The van der Waals surface area contributed by atoms with Gasteiger partial charge in [-0.05, 0) is 34.3 Å². The van der Waals surface area contributed by atoms with Gasteiger partial charge in [-0.15, -0.1) is 11.8 Å². The highest BCUT2D eigenvalue weighted by Crippen LogP contribution is 2.27. The number of rotatable bonds is 1. The molecule has 0 N–H and O–H groups in total. The summed E-state index contributed by atoms with van der Waals surface area (Å²) in [6.07, 6.45) is 1.63. The Labute approximate surface area is 76.1 Å². The zero-order valence-corrected chi connectivity index (χ0v) is 8.10. The second-order valence-electron chi connectivity index (χ2n) is 1.88. The summed E-state index contributed by atoms with van der Waals surface area (Å²) in [5.41, 5.74) is 0. The third kappa shape index (κ3) is 1.73. The molecule has 60 valence electrons. The Bertz CT molecular complexity index is 275. The van der Waals surface area contributed by atoms with Gasteiger partial charge in [0.1, 0.15) is 5.82 Å². The normalized spacial score (nSPS) is 10.2. The third-order valence-electron chi connectivity index (χ3n) is 1.21. The molecular weight excluding hydrogens is 234 g/mol. The van der Waals surface area contributed by atoms with E-state index in [0.717, 1.165) is 11.8 Å². The first-order valence-electron chi connectivity index (χ1n) is 2.84. The van der Waals surface area contributed by atoms with Gasteiger partial charge in [-0.25, -0.2) is 8.78 Å². The maximum atomic E-state index is 13.0. The predicted molar refractivity (Wildman–Crippen MR) is 45.8 cm³/mol. The summed E-state index contributed by atoms with van der Waals surface area (Å²) in [6.45, 7) is 0. The molecule has 0 heterocycles. The van der Waals surface area contributed by atoms with E-state index in [9.17, 15) is 8.78 Å². The molecule has 0 unspecified atom stereocenters. The molecule has 0 saturated carbocycles. The topological polar surface area (TPSA) is 0 Å². The molecule has 0 aliphatic carbocycles. The molecule has 11 heavy (non-hydrogen) atoms. The molecule has 0 saturated heterocycles. The van der Waals surface area contributed by atoms with Crippen LogP contribution in [0.4, 0.5) is 8.78 Å². The van der Waals surface area contributed by atoms with Gasteiger partial charge in [-0.1, -0.05) is 0 Å². The van der Waals surface area contributed by atoms with Crippen molar-refractivity contribution in [2.24, 2.45) is 0 Å². The number of hydrogen-bond donors (Lipinski definition) is 0. The first kappa shape index (κ1) is 9.00. The van der Waals surface area contributed by atoms with Gasteiger partial charge in [-0.3, -0.25) is 0 Å². The summed E-state index contributed by atoms with van der Waals surface area (Å²) in [4.78, 5) is 0.0550. The van der Waals surface area contributed by atoms with Crippen molar-refractivity contribution in [1.29, 1.82) is 0 Å². The maximum absolute atomic E-state index is 13.0. The van der Waals surface area contributed by atoms with E-state index in [0.29, 0.717) is 4.47 Å². The Kier molecular flexibility index (Phi) is 2.90. The van der Waals surface area contributed by atoms with E-state index in [4.69, 9.17) is 0 Å². The van der Waals surface area contributed by atoms with Crippen molar-refractivity contribution in [2.75, 3.05) is 6.26 Å². The van der Waals surface area contributed by atoms with Gasteiger partial charge in [0, 0.05) is 0 Å². The van der Waals surface area contributed by atoms with Gasteiger partial charge in [-0.2, -0.15) is 0 Å². The molecule has 0 aromatic heterocycles. The molecule has 0 radical (unpaired) electrons. The lowest BCUT2D eigenvalue weighted by atomic mass is 10.3. The summed E-state index contributed by atoms with van der Waals surface area (Å²) in [6, 6.07) is 2.59. The minimum absolute atomic E-state index is 0.0550. The van der Waals surface area contributed by atoms with Crippen LogP contribution >= 0.6 is 27.7 Å². The second kappa shape index (κ2) is 3.54. The Morgan fingerprint density at radius 2 is 2.00 bits per heavy atom. The SMILES string of the molecule is CSc1c(F)ccc(Br)c1F. The van der Waals surface area contributed by atoms with E-state index in [2.05, 4.69) is 15.9 Å². The van der Waals surface area contributed by atoms with Gasteiger partial charge in [0.25, 0.3) is 0 Å². The van der Waals surface area contributed by atoms with Crippen LogP contribution in [0.15, 0.2) is 21.5 Å². The molecule has 0 aliphatic rings. The Morgan fingerprint density at radius 3 is 2.45 bits per heavy atom. The highest BCUT2D eigenvalue weighted by atomic mass is 79.9. The molecule has 1 aromatic carbocycles. The van der Waals surface area contributed by atoms with Crippen molar-refractivity contribution in [3.8, 4) is 0 Å². The summed E-state index contributed by atoms with van der Waals surface area (Å²) >= 11 is 4.02. The van der Waals surface area contributed by atoms with Crippen LogP contribution in [0.2, 0.25) is 0 Å². The van der Waals surface area contributed by atoms with Gasteiger partial charge in [0.2, 0.25) is 0 Å². The average molecular weight is 239 g/mol. The lowest BCUT2D eigenvalue weighted by molar-refractivity contribution is 0.536. The van der Waals surface area contributed by atoms with Crippen molar-refractivity contribution in [2.45, 2.75) is 4.90 Å². The summed E-state index contributed by atoms with van der Waals surface area (Å²) in [5.74, 6) is -1.05. The van der Waals surface area contributed by atoms with Gasteiger partial charge >= 0.3 is 0 Å². The fourth-order valence-electron chi connectivity index (χ4n) is 0.696. The summed E-state index contributed by atoms with van der Waals surface area (Å²) < 4.78 is 26.0. The van der Waals surface area contributed by atoms with E-state index in [-0.39, 0.29) is 4.90 Å². The summed E-state index contributed by atoms with van der Waals surface area (Å²) in [5, 5.41) is 0. The molecular formula is C7H5BrF2S. The number of thioether (sulfide) groups is 1. The highest BCUT2D eigenvalue weighted by Gasteiger charge is 2.09. The van der Waals surface area contributed by atoms with Crippen LogP contribution in [0, 0.1) is 11.6 Å². The molecule has 0 aliphatic heterocycles. The molecule has 0 atom stereocenters. The van der Waals surface area contributed by atoms with E-state index < -0.39 is 11.6 Å². The second-order valence-corrected chi connectivity index (χ2v) is 3.55. The van der Waals surface area contributed by atoms with Crippen molar-refractivity contribution in [1.82, 2.24) is 0 Å². The lowest BCUT2D eigenvalue weighted by Gasteiger charge is -2.01. The molecule has 0 amide bonds. The third-order valence-corrected chi connectivity index (χ3v) is 2.60. The van der Waals surface area contributed by atoms with Crippen LogP contribution in [-0.2, 0) is 0 Å². The molecule has 1 aromatic rings.